The third-order valence-electron chi connectivity index (χ3n) is 3.67. The molecule has 5 nitrogen and oxygen atoms in total. The summed E-state index contributed by atoms with van der Waals surface area (Å²) in [6.45, 7) is 1.38. The number of hydrogen-bond donors (Lipinski definition) is 2. The third-order valence-corrected chi connectivity index (χ3v) is 4.48. The fourth-order valence-corrected chi connectivity index (χ4v) is 3.11. The molecule has 0 aliphatic carbocycles. The Labute approximate surface area is 121 Å². The Morgan fingerprint density at radius 1 is 1.45 bits per heavy atom. The summed E-state index contributed by atoms with van der Waals surface area (Å²) < 4.78 is 6.40. The smallest absolute Gasteiger partial charge is 0.241 e. The molecule has 1 amide bonds. The number of amides is 1. The fraction of sp³-hybridized carbons (Fsp3) is 0.429. The van der Waals surface area contributed by atoms with Crippen molar-refractivity contribution >= 4 is 33.1 Å². The van der Waals surface area contributed by atoms with Crippen LogP contribution in [0.4, 0.5) is 5.69 Å². The van der Waals surface area contributed by atoms with E-state index in [1.165, 1.54) is 0 Å². The topological polar surface area (TPSA) is 77.2 Å². The summed E-state index contributed by atoms with van der Waals surface area (Å²) in [5.41, 5.74) is 9.49. The van der Waals surface area contributed by atoms with Crippen LogP contribution in [0.25, 0.3) is 10.2 Å². The summed E-state index contributed by atoms with van der Waals surface area (Å²) in [4.78, 5) is 16.4. The zero-order chi connectivity index (χ0) is 13.9. The van der Waals surface area contributed by atoms with Crippen molar-refractivity contribution in [2.24, 2.45) is 11.7 Å². The Balaban J connectivity index is 1.67. The fourth-order valence-electron chi connectivity index (χ4n) is 2.45. The van der Waals surface area contributed by atoms with E-state index in [-0.39, 0.29) is 11.8 Å². The number of thiazole rings is 1. The molecule has 0 saturated carbocycles. The minimum absolute atomic E-state index is 0.133. The van der Waals surface area contributed by atoms with Crippen molar-refractivity contribution in [3.63, 3.8) is 0 Å². The van der Waals surface area contributed by atoms with E-state index in [4.69, 9.17) is 10.5 Å². The molecule has 6 heteroatoms. The molecule has 1 aliphatic heterocycles. The largest absolute Gasteiger partial charge is 0.381 e. The molecule has 1 atom stereocenters. The van der Waals surface area contributed by atoms with Gasteiger partial charge in [0.2, 0.25) is 5.91 Å². The lowest BCUT2D eigenvalue weighted by molar-refractivity contribution is -0.119. The van der Waals surface area contributed by atoms with Crippen molar-refractivity contribution in [3.05, 3.63) is 23.7 Å². The number of anilines is 1. The number of rotatable bonds is 3. The Kier molecular flexibility index (Phi) is 3.95. The molecule has 3 N–H and O–H groups in total. The lowest BCUT2D eigenvalue weighted by atomic mass is 9.92. The SMILES string of the molecule is NC(C(=O)Nc1ccc2scnc2c1)C1CCOCC1. The monoisotopic (exact) mass is 291 g/mol. The van der Waals surface area contributed by atoms with Crippen LogP contribution in [0.15, 0.2) is 23.7 Å². The van der Waals surface area contributed by atoms with Gasteiger partial charge in [-0.3, -0.25) is 4.79 Å². The highest BCUT2D eigenvalue weighted by molar-refractivity contribution is 7.16. The summed E-state index contributed by atoms with van der Waals surface area (Å²) in [7, 11) is 0. The molecule has 1 aliphatic rings. The van der Waals surface area contributed by atoms with Crippen LogP contribution in [-0.4, -0.2) is 30.1 Å². The van der Waals surface area contributed by atoms with Gasteiger partial charge in [0, 0.05) is 18.9 Å². The van der Waals surface area contributed by atoms with E-state index in [0.29, 0.717) is 13.2 Å². The normalized spacial score (nSPS) is 18.1. The lowest BCUT2D eigenvalue weighted by Crippen LogP contribution is -2.43. The average Bonchev–Trinajstić information content (AvgIpc) is 2.95. The van der Waals surface area contributed by atoms with Gasteiger partial charge < -0.3 is 15.8 Å². The van der Waals surface area contributed by atoms with Crippen LogP contribution in [-0.2, 0) is 9.53 Å². The van der Waals surface area contributed by atoms with Crippen LogP contribution in [0.5, 0.6) is 0 Å². The van der Waals surface area contributed by atoms with Crippen molar-refractivity contribution in [2.75, 3.05) is 18.5 Å². The molecule has 0 spiro atoms. The van der Waals surface area contributed by atoms with Gasteiger partial charge in [0.25, 0.3) is 0 Å². The predicted molar refractivity (Wildman–Crippen MR) is 79.8 cm³/mol. The van der Waals surface area contributed by atoms with Crippen molar-refractivity contribution < 1.29 is 9.53 Å². The van der Waals surface area contributed by atoms with Crippen LogP contribution in [0, 0.1) is 5.92 Å². The van der Waals surface area contributed by atoms with E-state index < -0.39 is 6.04 Å². The second-order valence-electron chi connectivity index (χ2n) is 5.00. The van der Waals surface area contributed by atoms with Crippen LogP contribution in [0.1, 0.15) is 12.8 Å². The van der Waals surface area contributed by atoms with Gasteiger partial charge in [0.15, 0.2) is 0 Å². The highest BCUT2D eigenvalue weighted by Gasteiger charge is 2.26. The van der Waals surface area contributed by atoms with E-state index in [1.54, 1.807) is 16.8 Å². The molecule has 2 heterocycles. The number of benzene rings is 1. The molecule has 1 unspecified atom stereocenters. The van der Waals surface area contributed by atoms with Crippen molar-refractivity contribution in [1.82, 2.24) is 4.98 Å². The molecule has 0 bridgehead atoms. The zero-order valence-electron chi connectivity index (χ0n) is 11.0. The number of aromatic nitrogens is 1. The number of nitrogens with zero attached hydrogens (tertiary/aromatic N) is 1. The molecule has 1 aromatic heterocycles. The Bertz CT molecular complexity index is 607. The first-order valence-corrected chi connectivity index (χ1v) is 7.59. The first-order chi connectivity index (χ1) is 9.74. The summed E-state index contributed by atoms with van der Waals surface area (Å²) >= 11 is 1.58. The predicted octanol–water partition coefficient (Wildman–Crippen LogP) is 1.99. The summed E-state index contributed by atoms with van der Waals surface area (Å²) in [6.07, 6.45) is 1.69. The van der Waals surface area contributed by atoms with Gasteiger partial charge in [0.05, 0.1) is 21.8 Å². The van der Waals surface area contributed by atoms with E-state index in [1.807, 2.05) is 18.2 Å². The maximum Gasteiger partial charge on any atom is 0.241 e. The number of nitrogens with two attached hydrogens (primary N) is 1. The van der Waals surface area contributed by atoms with E-state index >= 15 is 0 Å². The van der Waals surface area contributed by atoms with Crippen LogP contribution < -0.4 is 11.1 Å². The van der Waals surface area contributed by atoms with Crippen molar-refractivity contribution in [3.8, 4) is 0 Å². The zero-order valence-corrected chi connectivity index (χ0v) is 11.9. The Morgan fingerprint density at radius 3 is 3.05 bits per heavy atom. The molecule has 2 aromatic rings. The number of ether oxygens (including phenoxy) is 1. The Morgan fingerprint density at radius 2 is 2.25 bits per heavy atom. The highest BCUT2D eigenvalue weighted by Crippen LogP contribution is 2.23. The van der Waals surface area contributed by atoms with Crippen molar-refractivity contribution in [1.29, 1.82) is 0 Å². The first-order valence-electron chi connectivity index (χ1n) is 6.71. The number of hydrogen-bond acceptors (Lipinski definition) is 5. The summed E-state index contributed by atoms with van der Waals surface area (Å²) in [5, 5.41) is 2.88. The second kappa shape index (κ2) is 5.87. The molecule has 20 heavy (non-hydrogen) atoms. The van der Waals surface area contributed by atoms with Crippen LogP contribution in [0.2, 0.25) is 0 Å². The number of nitrogens with one attached hydrogen (secondary N) is 1. The minimum Gasteiger partial charge on any atom is -0.381 e. The van der Waals surface area contributed by atoms with Crippen molar-refractivity contribution in [2.45, 2.75) is 18.9 Å². The molecular weight excluding hydrogens is 274 g/mol. The summed E-state index contributed by atoms with van der Waals surface area (Å²) in [5.74, 6) is 0.0678. The first kappa shape index (κ1) is 13.5. The number of carbonyl (C=O) groups excluding carboxylic acids is 1. The van der Waals surface area contributed by atoms with Gasteiger partial charge in [-0.2, -0.15) is 0 Å². The molecule has 0 radical (unpaired) electrons. The molecule has 1 saturated heterocycles. The van der Waals surface area contributed by atoms with Gasteiger partial charge in [-0.1, -0.05) is 0 Å². The Hall–Kier alpha value is -1.50. The van der Waals surface area contributed by atoms with E-state index in [2.05, 4.69) is 10.3 Å². The van der Waals surface area contributed by atoms with E-state index in [9.17, 15) is 4.79 Å². The van der Waals surface area contributed by atoms with Gasteiger partial charge in [-0.15, -0.1) is 11.3 Å². The van der Waals surface area contributed by atoms with Crippen LogP contribution in [0.3, 0.4) is 0 Å². The number of carbonyl (C=O) groups is 1. The quantitative estimate of drug-likeness (QED) is 0.906. The maximum atomic E-state index is 12.2. The van der Waals surface area contributed by atoms with Gasteiger partial charge in [0.1, 0.15) is 0 Å². The van der Waals surface area contributed by atoms with Gasteiger partial charge >= 0.3 is 0 Å². The standard InChI is InChI=1S/C14H17N3O2S/c15-13(9-3-5-19-6-4-9)14(18)17-10-1-2-12-11(7-10)16-8-20-12/h1-2,7-9,13H,3-6,15H2,(H,17,18). The molecular formula is C14H17N3O2S. The average molecular weight is 291 g/mol. The van der Waals surface area contributed by atoms with E-state index in [0.717, 1.165) is 28.7 Å². The van der Waals surface area contributed by atoms with Gasteiger partial charge in [-0.25, -0.2) is 4.98 Å². The van der Waals surface area contributed by atoms with Crippen LogP contribution >= 0.6 is 11.3 Å². The number of fused-ring (bicyclic) bond motifs is 1. The molecule has 1 fully saturated rings. The minimum atomic E-state index is -0.481. The van der Waals surface area contributed by atoms with Gasteiger partial charge in [-0.05, 0) is 37.0 Å². The molecule has 106 valence electrons. The molecule has 3 rings (SSSR count). The third kappa shape index (κ3) is 2.82. The second-order valence-corrected chi connectivity index (χ2v) is 5.89. The highest BCUT2D eigenvalue weighted by atomic mass is 32.1. The molecule has 1 aromatic carbocycles. The lowest BCUT2D eigenvalue weighted by Gasteiger charge is -2.26. The summed E-state index contributed by atoms with van der Waals surface area (Å²) in [6, 6.07) is 5.24. The maximum absolute atomic E-state index is 12.2.